The number of aromatic nitrogens is 4. The molecule has 1 aliphatic rings. The van der Waals surface area contributed by atoms with E-state index in [1.165, 1.54) is 0 Å². The maximum absolute atomic E-state index is 12.6. The van der Waals surface area contributed by atoms with Crippen molar-refractivity contribution >= 4 is 5.91 Å². The molecule has 0 saturated heterocycles. The van der Waals surface area contributed by atoms with Gasteiger partial charge in [0.15, 0.2) is 0 Å². The summed E-state index contributed by atoms with van der Waals surface area (Å²) in [7, 11) is 0. The minimum absolute atomic E-state index is 0.0761. The first-order chi connectivity index (χ1) is 10.5. The molecule has 7 heteroatoms. The van der Waals surface area contributed by atoms with Crippen molar-refractivity contribution in [3.05, 3.63) is 39.1 Å². The molecule has 118 valence electrons. The maximum Gasteiger partial charge on any atom is 0.274 e. The molecule has 3 rings (SSSR count). The first-order valence-electron chi connectivity index (χ1n) is 7.66. The molecule has 0 spiro atoms. The van der Waals surface area contributed by atoms with Crippen LogP contribution in [0.25, 0.3) is 0 Å². The van der Waals surface area contributed by atoms with Crippen LogP contribution in [0.2, 0.25) is 0 Å². The fourth-order valence-corrected chi connectivity index (χ4v) is 2.88. The summed E-state index contributed by atoms with van der Waals surface area (Å²) in [6, 6.07) is 1.83. The summed E-state index contributed by atoms with van der Waals surface area (Å²) in [5.74, 6) is 0.436. The van der Waals surface area contributed by atoms with E-state index in [0.717, 1.165) is 23.4 Å². The lowest BCUT2D eigenvalue weighted by Gasteiger charge is -2.18. The number of aromatic amines is 3. The van der Waals surface area contributed by atoms with Gasteiger partial charge < -0.3 is 10.00 Å². The number of amides is 1. The molecule has 0 unspecified atom stereocenters. The van der Waals surface area contributed by atoms with Gasteiger partial charge in [-0.25, -0.2) is 0 Å². The highest BCUT2D eigenvalue weighted by molar-refractivity contribution is 5.92. The Morgan fingerprint density at radius 1 is 1.32 bits per heavy atom. The summed E-state index contributed by atoms with van der Waals surface area (Å²) in [6.07, 6.45) is 2.10. The number of hydrogen-bond donors (Lipinski definition) is 3. The fourth-order valence-electron chi connectivity index (χ4n) is 2.88. The van der Waals surface area contributed by atoms with E-state index >= 15 is 0 Å². The van der Waals surface area contributed by atoms with E-state index in [9.17, 15) is 9.59 Å². The van der Waals surface area contributed by atoms with Gasteiger partial charge in [0.2, 0.25) is 0 Å². The second-order valence-corrected chi connectivity index (χ2v) is 6.20. The van der Waals surface area contributed by atoms with E-state index in [0.29, 0.717) is 37.5 Å². The van der Waals surface area contributed by atoms with Gasteiger partial charge in [-0.3, -0.25) is 19.8 Å². The third-order valence-corrected chi connectivity index (χ3v) is 3.99. The Hall–Kier alpha value is -2.31. The number of rotatable bonds is 3. The first kappa shape index (κ1) is 14.6. The highest BCUT2D eigenvalue weighted by atomic mass is 16.2. The molecule has 0 fully saturated rings. The average Bonchev–Trinajstić information content (AvgIpc) is 2.99. The standard InChI is InChI=1S/C15H21N5O2/c1-9(2)7-10-8-13(18-16-10)15(22)20-5-3-11-12(4-6-20)17-19-14(11)21/h8-9H,3-7H2,1-2H3,(H,16,18)(H2,17,19,21). The minimum atomic E-state index is -0.0803. The van der Waals surface area contributed by atoms with E-state index in [-0.39, 0.29) is 11.5 Å². The SMILES string of the molecule is CC(C)Cc1cc(C(=O)N2CCc3[nH][nH]c(=O)c3CC2)n[nH]1. The molecule has 1 amide bonds. The molecule has 0 bridgehead atoms. The molecule has 1 aliphatic heterocycles. The lowest BCUT2D eigenvalue weighted by atomic mass is 10.1. The number of nitrogens with one attached hydrogen (secondary N) is 3. The Balaban J connectivity index is 1.71. The molecule has 2 aromatic rings. The van der Waals surface area contributed by atoms with E-state index < -0.39 is 0 Å². The summed E-state index contributed by atoms with van der Waals surface area (Å²) in [4.78, 5) is 26.0. The summed E-state index contributed by atoms with van der Waals surface area (Å²) in [5, 5.41) is 12.6. The Bertz CT molecular complexity index is 724. The van der Waals surface area contributed by atoms with Crippen molar-refractivity contribution < 1.29 is 4.79 Å². The lowest BCUT2D eigenvalue weighted by molar-refractivity contribution is 0.0756. The molecule has 0 aromatic carbocycles. The van der Waals surface area contributed by atoms with E-state index in [1.54, 1.807) is 4.90 Å². The zero-order valence-corrected chi connectivity index (χ0v) is 12.9. The molecule has 0 radical (unpaired) electrons. The number of carbonyl (C=O) groups is 1. The van der Waals surface area contributed by atoms with Gasteiger partial charge in [-0.05, 0) is 24.8 Å². The third kappa shape index (κ3) is 2.84. The van der Waals surface area contributed by atoms with Crippen molar-refractivity contribution in [2.45, 2.75) is 33.1 Å². The van der Waals surface area contributed by atoms with Crippen molar-refractivity contribution in [3.8, 4) is 0 Å². The summed E-state index contributed by atoms with van der Waals surface area (Å²) >= 11 is 0. The second kappa shape index (κ2) is 5.82. The van der Waals surface area contributed by atoms with Gasteiger partial charge >= 0.3 is 0 Å². The van der Waals surface area contributed by atoms with Crippen LogP contribution in [-0.2, 0) is 19.3 Å². The van der Waals surface area contributed by atoms with Crippen LogP contribution in [0, 0.1) is 5.92 Å². The first-order valence-corrected chi connectivity index (χ1v) is 7.66. The van der Waals surface area contributed by atoms with Crippen LogP contribution in [-0.4, -0.2) is 44.3 Å². The van der Waals surface area contributed by atoms with Gasteiger partial charge in [0.25, 0.3) is 11.5 Å². The number of hydrogen-bond acceptors (Lipinski definition) is 3. The zero-order valence-electron chi connectivity index (χ0n) is 12.9. The number of carbonyl (C=O) groups excluding carboxylic acids is 1. The number of H-pyrrole nitrogens is 3. The largest absolute Gasteiger partial charge is 0.337 e. The van der Waals surface area contributed by atoms with Gasteiger partial charge in [-0.15, -0.1) is 0 Å². The summed E-state index contributed by atoms with van der Waals surface area (Å²) in [6.45, 7) is 5.38. The lowest BCUT2D eigenvalue weighted by Crippen LogP contribution is -2.34. The normalized spacial score (nSPS) is 15.0. The van der Waals surface area contributed by atoms with Gasteiger partial charge in [-0.1, -0.05) is 13.8 Å². The molecule has 3 heterocycles. The Morgan fingerprint density at radius 2 is 2.09 bits per heavy atom. The molecular formula is C15H21N5O2. The van der Waals surface area contributed by atoms with Gasteiger partial charge in [0.1, 0.15) is 5.69 Å². The predicted molar refractivity (Wildman–Crippen MR) is 81.9 cm³/mol. The molecule has 3 N–H and O–H groups in total. The van der Waals surface area contributed by atoms with Gasteiger partial charge in [0.05, 0.1) is 0 Å². The van der Waals surface area contributed by atoms with Crippen molar-refractivity contribution in [1.29, 1.82) is 0 Å². The van der Waals surface area contributed by atoms with E-state index in [1.807, 2.05) is 6.07 Å². The molecule has 7 nitrogen and oxygen atoms in total. The predicted octanol–water partition coefficient (Wildman–Crippen LogP) is 0.866. The van der Waals surface area contributed by atoms with Crippen LogP contribution in [0.3, 0.4) is 0 Å². The molecular weight excluding hydrogens is 282 g/mol. The topological polar surface area (TPSA) is 97.6 Å². The van der Waals surface area contributed by atoms with Crippen molar-refractivity contribution in [1.82, 2.24) is 25.3 Å². The van der Waals surface area contributed by atoms with E-state index in [2.05, 4.69) is 34.2 Å². The van der Waals surface area contributed by atoms with Crippen LogP contribution < -0.4 is 5.56 Å². The Morgan fingerprint density at radius 3 is 2.86 bits per heavy atom. The van der Waals surface area contributed by atoms with Gasteiger partial charge in [-0.2, -0.15) is 5.10 Å². The molecule has 22 heavy (non-hydrogen) atoms. The quantitative estimate of drug-likeness (QED) is 0.784. The zero-order chi connectivity index (χ0) is 15.7. The molecule has 0 atom stereocenters. The van der Waals surface area contributed by atoms with Crippen LogP contribution in [0.1, 0.15) is 41.3 Å². The van der Waals surface area contributed by atoms with Crippen molar-refractivity contribution in [2.75, 3.05) is 13.1 Å². The Labute approximate surface area is 128 Å². The molecule has 0 aliphatic carbocycles. The Kier molecular flexibility index (Phi) is 3.87. The highest BCUT2D eigenvalue weighted by Crippen LogP contribution is 2.13. The van der Waals surface area contributed by atoms with Crippen molar-refractivity contribution in [2.24, 2.45) is 5.92 Å². The average molecular weight is 303 g/mol. The number of nitrogens with zero attached hydrogens (tertiary/aromatic N) is 2. The number of fused-ring (bicyclic) bond motifs is 1. The second-order valence-electron chi connectivity index (χ2n) is 6.20. The fraction of sp³-hybridized carbons (Fsp3) is 0.533. The summed E-state index contributed by atoms with van der Waals surface area (Å²) < 4.78 is 0. The van der Waals surface area contributed by atoms with Crippen LogP contribution in [0.15, 0.2) is 10.9 Å². The monoisotopic (exact) mass is 303 g/mol. The van der Waals surface area contributed by atoms with Gasteiger partial charge in [0, 0.05) is 36.5 Å². The van der Waals surface area contributed by atoms with Crippen LogP contribution in [0.4, 0.5) is 0 Å². The minimum Gasteiger partial charge on any atom is -0.337 e. The third-order valence-electron chi connectivity index (χ3n) is 3.99. The highest BCUT2D eigenvalue weighted by Gasteiger charge is 2.23. The van der Waals surface area contributed by atoms with Crippen LogP contribution in [0.5, 0.6) is 0 Å². The van der Waals surface area contributed by atoms with Crippen LogP contribution >= 0.6 is 0 Å². The smallest absolute Gasteiger partial charge is 0.274 e. The molecule has 2 aromatic heterocycles. The molecule has 0 saturated carbocycles. The maximum atomic E-state index is 12.6. The van der Waals surface area contributed by atoms with Crippen molar-refractivity contribution in [3.63, 3.8) is 0 Å². The summed E-state index contributed by atoms with van der Waals surface area (Å²) in [5.41, 5.74) is 3.02. The van der Waals surface area contributed by atoms with E-state index in [4.69, 9.17) is 0 Å².